The standard InChI is InChI=1S/C27H24N4O3/c1-27(22-15-13-19(17-28)14-16-22)25(33)31(26(34)29-27)18-23(32)30(2)24(20-9-5-3-6-10-20)21-11-7-4-8-12-21/h3-16,24H,18H2,1-2H3,(H,29,34). The molecule has 0 aromatic heterocycles. The summed E-state index contributed by atoms with van der Waals surface area (Å²) in [5.74, 6) is -0.884. The molecule has 7 heteroatoms. The zero-order valence-corrected chi connectivity index (χ0v) is 18.9. The molecule has 1 aliphatic heterocycles. The number of hydrogen-bond acceptors (Lipinski definition) is 4. The summed E-state index contributed by atoms with van der Waals surface area (Å²) < 4.78 is 0. The Kier molecular flexibility index (Phi) is 6.15. The number of nitrogens with zero attached hydrogens (tertiary/aromatic N) is 3. The first-order chi connectivity index (χ1) is 16.3. The van der Waals surface area contributed by atoms with Crippen molar-refractivity contribution >= 4 is 17.8 Å². The number of hydrogen-bond donors (Lipinski definition) is 1. The van der Waals surface area contributed by atoms with E-state index < -0.39 is 17.5 Å². The van der Waals surface area contributed by atoms with E-state index in [1.54, 1.807) is 43.1 Å². The largest absolute Gasteiger partial charge is 0.333 e. The van der Waals surface area contributed by atoms with Gasteiger partial charge in [-0.1, -0.05) is 72.8 Å². The number of carbonyl (C=O) groups excluding carboxylic acids is 3. The maximum atomic E-state index is 13.3. The van der Waals surface area contributed by atoms with Crippen LogP contribution in [0.4, 0.5) is 4.79 Å². The fourth-order valence-corrected chi connectivity index (χ4v) is 4.22. The molecule has 1 saturated heterocycles. The number of imide groups is 1. The zero-order chi connectivity index (χ0) is 24.3. The topological polar surface area (TPSA) is 93.5 Å². The van der Waals surface area contributed by atoms with Crippen LogP contribution in [0.2, 0.25) is 0 Å². The summed E-state index contributed by atoms with van der Waals surface area (Å²) in [4.78, 5) is 41.8. The van der Waals surface area contributed by atoms with Crippen LogP contribution < -0.4 is 5.32 Å². The van der Waals surface area contributed by atoms with Gasteiger partial charge in [-0.15, -0.1) is 0 Å². The van der Waals surface area contributed by atoms with Crippen LogP contribution in [0.5, 0.6) is 0 Å². The highest BCUT2D eigenvalue weighted by Gasteiger charge is 2.49. The molecule has 1 aliphatic rings. The third-order valence-electron chi connectivity index (χ3n) is 6.17. The maximum Gasteiger partial charge on any atom is 0.325 e. The number of carbonyl (C=O) groups is 3. The van der Waals surface area contributed by atoms with Gasteiger partial charge in [0.1, 0.15) is 12.1 Å². The van der Waals surface area contributed by atoms with Crippen LogP contribution in [0.25, 0.3) is 0 Å². The highest BCUT2D eigenvalue weighted by molar-refractivity contribution is 6.09. The van der Waals surface area contributed by atoms with Crippen molar-refractivity contribution in [2.24, 2.45) is 0 Å². The van der Waals surface area contributed by atoms with Gasteiger partial charge in [-0.2, -0.15) is 5.26 Å². The molecule has 7 nitrogen and oxygen atoms in total. The number of benzene rings is 3. The summed E-state index contributed by atoms with van der Waals surface area (Å²) in [7, 11) is 1.67. The van der Waals surface area contributed by atoms with E-state index >= 15 is 0 Å². The van der Waals surface area contributed by atoms with E-state index in [-0.39, 0.29) is 18.5 Å². The molecule has 0 radical (unpaired) electrons. The van der Waals surface area contributed by atoms with Gasteiger partial charge in [0.2, 0.25) is 5.91 Å². The van der Waals surface area contributed by atoms with Gasteiger partial charge in [-0.05, 0) is 35.7 Å². The lowest BCUT2D eigenvalue weighted by Gasteiger charge is -2.30. The van der Waals surface area contributed by atoms with E-state index in [4.69, 9.17) is 5.26 Å². The summed E-state index contributed by atoms with van der Waals surface area (Å²) in [6, 6.07) is 26.7. The lowest BCUT2D eigenvalue weighted by Crippen LogP contribution is -2.44. The van der Waals surface area contributed by atoms with Crippen LogP contribution in [-0.2, 0) is 15.1 Å². The Morgan fingerprint density at radius 3 is 2.00 bits per heavy atom. The minimum atomic E-state index is -1.32. The van der Waals surface area contributed by atoms with Crippen molar-refractivity contribution in [1.29, 1.82) is 5.26 Å². The molecule has 1 unspecified atom stereocenters. The van der Waals surface area contributed by atoms with E-state index in [0.29, 0.717) is 11.1 Å². The zero-order valence-electron chi connectivity index (χ0n) is 18.9. The van der Waals surface area contributed by atoms with Crippen LogP contribution >= 0.6 is 0 Å². The van der Waals surface area contributed by atoms with Crippen molar-refractivity contribution in [2.45, 2.75) is 18.5 Å². The Bertz CT molecular complexity index is 1210. The van der Waals surface area contributed by atoms with Crippen molar-refractivity contribution in [3.8, 4) is 6.07 Å². The van der Waals surface area contributed by atoms with Crippen LogP contribution in [0, 0.1) is 11.3 Å². The van der Waals surface area contributed by atoms with Crippen molar-refractivity contribution in [3.63, 3.8) is 0 Å². The van der Waals surface area contributed by atoms with E-state index in [2.05, 4.69) is 5.32 Å². The monoisotopic (exact) mass is 452 g/mol. The molecule has 3 aromatic carbocycles. The molecular formula is C27H24N4O3. The molecule has 1 heterocycles. The average molecular weight is 453 g/mol. The van der Waals surface area contributed by atoms with Crippen molar-refractivity contribution in [3.05, 3.63) is 107 Å². The number of nitrogens with one attached hydrogen (secondary N) is 1. The van der Waals surface area contributed by atoms with E-state index in [0.717, 1.165) is 16.0 Å². The van der Waals surface area contributed by atoms with E-state index in [9.17, 15) is 14.4 Å². The first-order valence-electron chi connectivity index (χ1n) is 10.9. The SMILES string of the molecule is CN(C(=O)CN1C(=O)NC(C)(c2ccc(C#N)cc2)C1=O)C(c1ccccc1)c1ccccc1. The molecule has 0 spiro atoms. The third-order valence-corrected chi connectivity index (χ3v) is 6.17. The van der Waals surface area contributed by atoms with E-state index in [1.807, 2.05) is 66.7 Å². The first kappa shape index (κ1) is 22.7. The molecular weight excluding hydrogens is 428 g/mol. The van der Waals surface area contributed by atoms with Gasteiger partial charge in [0.25, 0.3) is 5.91 Å². The molecule has 1 atom stereocenters. The Labute approximate surface area is 198 Å². The number of nitriles is 1. The average Bonchev–Trinajstić information content (AvgIpc) is 3.09. The van der Waals surface area contributed by atoms with Gasteiger partial charge in [0.15, 0.2) is 0 Å². The van der Waals surface area contributed by atoms with Crippen LogP contribution in [-0.4, -0.2) is 41.2 Å². The second kappa shape index (κ2) is 9.20. The number of rotatable bonds is 6. The van der Waals surface area contributed by atoms with Gasteiger partial charge in [0, 0.05) is 7.05 Å². The minimum Gasteiger partial charge on any atom is -0.333 e. The summed E-state index contributed by atoms with van der Waals surface area (Å²) in [5.41, 5.74) is 1.51. The quantitative estimate of drug-likeness (QED) is 0.579. The third kappa shape index (κ3) is 4.14. The fourth-order valence-electron chi connectivity index (χ4n) is 4.22. The second-order valence-corrected chi connectivity index (χ2v) is 8.36. The molecule has 0 saturated carbocycles. The van der Waals surface area contributed by atoms with Gasteiger partial charge in [-0.25, -0.2) is 4.79 Å². The molecule has 3 aromatic rings. The number of urea groups is 1. The smallest absolute Gasteiger partial charge is 0.325 e. The molecule has 1 N–H and O–H groups in total. The predicted octanol–water partition coefficient (Wildman–Crippen LogP) is 3.57. The van der Waals surface area contributed by atoms with Crippen LogP contribution in [0.3, 0.4) is 0 Å². The first-order valence-corrected chi connectivity index (χ1v) is 10.9. The highest BCUT2D eigenvalue weighted by atomic mass is 16.2. The van der Waals surface area contributed by atoms with Crippen molar-refractivity contribution in [2.75, 3.05) is 13.6 Å². The predicted molar refractivity (Wildman–Crippen MR) is 126 cm³/mol. The lowest BCUT2D eigenvalue weighted by molar-refractivity contribution is -0.139. The molecule has 34 heavy (non-hydrogen) atoms. The molecule has 170 valence electrons. The number of likely N-dealkylation sites (N-methyl/N-ethyl adjacent to an activating group) is 1. The van der Waals surface area contributed by atoms with Crippen LogP contribution in [0.15, 0.2) is 84.9 Å². The van der Waals surface area contributed by atoms with Gasteiger partial charge < -0.3 is 10.2 Å². The summed E-state index contributed by atoms with van der Waals surface area (Å²) in [6.45, 7) is 1.21. The minimum absolute atomic E-state index is 0.370. The van der Waals surface area contributed by atoms with E-state index in [1.165, 1.54) is 0 Å². The Morgan fingerprint density at radius 2 is 1.50 bits per heavy atom. The Hall–Kier alpha value is -4.44. The molecule has 0 bridgehead atoms. The number of amides is 4. The van der Waals surface area contributed by atoms with Gasteiger partial charge in [0.05, 0.1) is 17.7 Å². The Morgan fingerprint density at radius 1 is 0.971 bits per heavy atom. The van der Waals surface area contributed by atoms with Gasteiger partial charge >= 0.3 is 6.03 Å². The normalized spacial score (nSPS) is 17.4. The van der Waals surface area contributed by atoms with Gasteiger partial charge in [-0.3, -0.25) is 14.5 Å². The molecule has 4 amide bonds. The Balaban J connectivity index is 1.58. The highest BCUT2D eigenvalue weighted by Crippen LogP contribution is 2.31. The van der Waals surface area contributed by atoms with Crippen molar-refractivity contribution < 1.29 is 14.4 Å². The molecule has 4 rings (SSSR count). The summed E-state index contributed by atoms with van der Waals surface area (Å²) in [6.07, 6.45) is 0. The fraction of sp³-hybridized carbons (Fsp3) is 0.185. The van der Waals surface area contributed by atoms with Crippen molar-refractivity contribution in [1.82, 2.24) is 15.1 Å². The maximum absolute atomic E-state index is 13.3. The summed E-state index contributed by atoms with van der Waals surface area (Å²) in [5, 5.41) is 11.7. The lowest BCUT2D eigenvalue weighted by atomic mass is 9.91. The molecule has 1 fully saturated rings. The summed E-state index contributed by atoms with van der Waals surface area (Å²) >= 11 is 0. The molecule has 0 aliphatic carbocycles. The second-order valence-electron chi connectivity index (χ2n) is 8.36. The van der Waals surface area contributed by atoms with Crippen LogP contribution in [0.1, 0.15) is 35.2 Å².